The maximum absolute atomic E-state index is 6.34. The highest BCUT2D eigenvalue weighted by molar-refractivity contribution is 6.17. The lowest BCUT2D eigenvalue weighted by molar-refractivity contribution is 0.619. The molecule has 5 nitrogen and oxygen atoms in total. The standard InChI is InChI=1S/C55H34N2O3/c1-3-11-35(12-4-1)36-21-26-41(27-22-36)57(43-16-9-15-40(33-43)44-18-10-20-49-52(44)45-17-7-8-19-47(45)58-49)42-28-23-37(24-29-42)39-25-30-48-46(34-39)53-50(59-48)31-32-51-54(53)56-55(60-51)38-13-5-2-6-14-38/h1-34H. The molecule has 0 unspecified atom stereocenters. The molecule has 0 amide bonds. The zero-order valence-corrected chi connectivity index (χ0v) is 32.2. The molecule has 0 aliphatic carbocycles. The number of para-hydroxylation sites is 1. The Balaban J connectivity index is 0.956. The van der Waals surface area contributed by atoms with Crippen LogP contribution < -0.4 is 4.90 Å². The summed E-state index contributed by atoms with van der Waals surface area (Å²) in [6.07, 6.45) is 0. The molecule has 12 aromatic rings. The second-order valence-corrected chi connectivity index (χ2v) is 15.1. The van der Waals surface area contributed by atoms with Crippen LogP contribution in [0.15, 0.2) is 220 Å². The van der Waals surface area contributed by atoms with Crippen molar-refractivity contribution in [3.8, 4) is 44.8 Å². The highest BCUT2D eigenvalue weighted by Crippen LogP contribution is 2.42. The van der Waals surface area contributed by atoms with Crippen LogP contribution in [0, 0.1) is 0 Å². The van der Waals surface area contributed by atoms with E-state index in [0.717, 1.165) is 99.9 Å². The molecule has 0 fully saturated rings. The lowest BCUT2D eigenvalue weighted by atomic mass is 9.98. The molecule has 0 atom stereocenters. The van der Waals surface area contributed by atoms with E-state index < -0.39 is 0 Å². The Morgan fingerprint density at radius 2 is 0.867 bits per heavy atom. The van der Waals surface area contributed by atoms with Gasteiger partial charge in [-0.2, -0.15) is 0 Å². The van der Waals surface area contributed by atoms with Gasteiger partial charge in [-0.25, -0.2) is 4.98 Å². The second kappa shape index (κ2) is 13.8. The number of hydrogen-bond acceptors (Lipinski definition) is 5. The molecule has 3 heterocycles. The number of nitrogens with zero attached hydrogens (tertiary/aromatic N) is 2. The number of rotatable bonds is 7. The Kier molecular flexibility index (Phi) is 7.78. The lowest BCUT2D eigenvalue weighted by Crippen LogP contribution is -2.10. The summed E-state index contributed by atoms with van der Waals surface area (Å²) in [7, 11) is 0. The third-order valence-corrected chi connectivity index (χ3v) is 11.5. The van der Waals surface area contributed by atoms with Crippen molar-refractivity contribution in [2.45, 2.75) is 0 Å². The summed E-state index contributed by atoms with van der Waals surface area (Å²) >= 11 is 0. The summed E-state index contributed by atoms with van der Waals surface area (Å²) in [5.74, 6) is 0.594. The summed E-state index contributed by atoms with van der Waals surface area (Å²) in [6, 6.07) is 71.8. The predicted octanol–water partition coefficient (Wildman–Crippen LogP) is 15.8. The molecular weight excluding hydrogens is 737 g/mol. The first-order chi connectivity index (χ1) is 29.7. The monoisotopic (exact) mass is 770 g/mol. The lowest BCUT2D eigenvalue weighted by Gasteiger charge is -2.26. The van der Waals surface area contributed by atoms with Gasteiger partial charge in [0, 0.05) is 38.8 Å². The van der Waals surface area contributed by atoms with Gasteiger partial charge in [-0.1, -0.05) is 121 Å². The number of aromatic nitrogens is 1. The molecule has 0 aliphatic rings. The molecule has 282 valence electrons. The summed E-state index contributed by atoms with van der Waals surface area (Å²) in [5, 5.41) is 4.19. The first-order valence-corrected chi connectivity index (χ1v) is 20.1. The Morgan fingerprint density at radius 1 is 0.317 bits per heavy atom. The first-order valence-electron chi connectivity index (χ1n) is 20.1. The SMILES string of the molecule is c1ccc(-c2ccc(N(c3ccc(-c4ccc5oc6ccc7oc(-c8ccccc8)nc7c6c5c4)cc3)c3cccc(-c4cccc5oc6ccccc6c45)c3)cc2)cc1. The highest BCUT2D eigenvalue weighted by atomic mass is 16.4. The van der Waals surface area contributed by atoms with Crippen LogP contribution in [0.2, 0.25) is 0 Å². The molecule has 0 aliphatic heterocycles. The van der Waals surface area contributed by atoms with Gasteiger partial charge in [-0.05, 0) is 118 Å². The van der Waals surface area contributed by atoms with E-state index in [2.05, 4.69) is 150 Å². The average Bonchev–Trinajstić information content (AvgIpc) is 4.04. The van der Waals surface area contributed by atoms with E-state index in [1.165, 1.54) is 11.1 Å². The quantitative estimate of drug-likeness (QED) is 0.162. The largest absolute Gasteiger partial charge is 0.456 e. The number of furan rings is 2. The maximum Gasteiger partial charge on any atom is 0.227 e. The van der Waals surface area contributed by atoms with Crippen molar-refractivity contribution in [2.24, 2.45) is 0 Å². The smallest absolute Gasteiger partial charge is 0.227 e. The van der Waals surface area contributed by atoms with Crippen molar-refractivity contribution >= 4 is 72.0 Å². The van der Waals surface area contributed by atoms with Crippen LogP contribution in [0.25, 0.3) is 99.8 Å². The van der Waals surface area contributed by atoms with E-state index in [-0.39, 0.29) is 0 Å². The number of fused-ring (bicyclic) bond motifs is 8. The minimum atomic E-state index is 0.594. The van der Waals surface area contributed by atoms with Crippen molar-refractivity contribution in [3.63, 3.8) is 0 Å². The fourth-order valence-corrected chi connectivity index (χ4v) is 8.65. The van der Waals surface area contributed by atoms with Gasteiger partial charge in [0.25, 0.3) is 0 Å². The minimum absolute atomic E-state index is 0.594. The van der Waals surface area contributed by atoms with E-state index in [0.29, 0.717) is 5.89 Å². The summed E-state index contributed by atoms with van der Waals surface area (Å²) in [4.78, 5) is 7.29. The minimum Gasteiger partial charge on any atom is -0.456 e. The molecule has 12 rings (SSSR count). The fraction of sp³-hybridized carbons (Fsp3) is 0. The third-order valence-electron chi connectivity index (χ3n) is 11.5. The van der Waals surface area contributed by atoms with Gasteiger partial charge in [0.05, 0.1) is 5.39 Å². The van der Waals surface area contributed by atoms with Gasteiger partial charge >= 0.3 is 0 Å². The van der Waals surface area contributed by atoms with Crippen molar-refractivity contribution in [3.05, 3.63) is 206 Å². The van der Waals surface area contributed by atoms with Crippen molar-refractivity contribution in [2.75, 3.05) is 4.90 Å². The topological polar surface area (TPSA) is 55.6 Å². The van der Waals surface area contributed by atoms with Crippen LogP contribution in [0.4, 0.5) is 17.1 Å². The Bertz CT molecular complexity index is 3530. The van der Waals surface area contributed by atoms with Crippen molar-refractivity contribution in [1.29, 1.82) is 0 Å². The molecule has 60 heavy (non-hydrogen) atoms. The van der Waals surface area contributed by atoms with Gasteiger partial charge in [0.2, 0.25) is 5.89 Å². The fourth-order valence-electron chi connectivity index (χ4n) is 8.65. The van der Waals surface area contributed by atoms with Crippen LogP contribution in [0.1, 0.15) is 0 Å². The molecule has 0 saturated carbocycles. The Hall–Kier alpha value is -8.15. The van der Waals surface area contributed by atoms with Gasteiger partial charge in [0.15, 0.2) is 5.58 Å². The Labute approximate surface area is 345 Å². The highest BCUT2D eigenvalue weighted by Gasteiger charge is 2.19. The molecule has 0 N–H and O–H groups in total. The van der Waals surface area contributed by atoms with Gasteiger partial charge in [0.1, 0.15) is 27.8 Å². The number of oxazole rings is 1. The molecule has 9 aromatic carbocycles. The van der Waals surface area contributed by atoms with E-state index in [4.69, 9.17) is 18.2 Å². The molecule has 3 aromatic heterocycles. The van der Waals surface area contributed by atoms with Gasteiger partial charge in [-0.15, -0.1) is 0 Å². The number of benzene rings is 9. The van der Waals surface area contributed by atoms with Crippen LogP contribution >= 0.6 is 0 Å². The van der Waals surface area contributed by atoms with Crippen molar-refractivity contribution in [1.82, 2.24) is 4.98 Å². The van der Waals surface area contributed by atoms with Crippen LogP contribution in [-0.4, -0.2) is 4.98 Å². The average molecular weight is 771 g/mol. The molecule has 0 radical (unpaired) electrons. The molecule has 0 spiro atoms. The molecule has 0 bridgehead atoms. The third kappa shape index (κ3) is 5.67. The Morgan fingerprint density at radius 3 is 1.63 bits per heavy atom. The van der Waals surface area contributed by atoms with E-state index >= 15 is 0 Å². The summed E-state index contributed by atoms with van der Waals surface area (Å²) in [6.45, 7) is 0. The van der Waals surface area contributed by atoms with Crippen LogP contribution in [0.3, 0.4) is 0 Å². The number of hydrogen-bond donors (Lipinski definition) is 0. The molecular formula is C55H34N2O3. The van der Waals surface area contributed by atoms with Gasteiger partial charge in [-0.3, -0.25) is 0 Å². The predicted molar refractivity (Wildman–Crippen MR) is 245 cm³/mol. The summed E-state index contributed by atoms with van der Waals surface area (Å²) < 4.78 is 18.9. The van der Waals surface area contributed by atoms with E-state index in [1.54, 1.807) is 0 Å². The van der Waals surface area contributed by atoms with Gasteiger partial charge < -0.3 is 18.2 Å². The zero-order chi connectivity index (χ0) is 39.6. The summed E-state index contributed by atoms with van der Waals surface area (Å²) in [5.41, 5.74) is 15.8. The van der Waals surface area contributed by atoms with E-state index in [1.807, 2.05) is 60.7 Å². The normalized spacial score (nSPS) is 11.7. The van der Waals surface area contributed by atoms with E-state index in [9.17, 15) is 0 Å². The first kappa shape index (κ1) is 33.9. The molecule has 0 saturated heterocycles. The van der Waals surface area contributed by atoms with Crippen LogP contribution in [-0.2, 0) is 0 Å². The zero-order valence-electron chi connectivity index (χ0n) is 32.2. The van der Waals surface area contributed by atoms with Crippen molar-refractivity contribution < 1.29 is 13.3 Å². The second-order valence-electron chi connectivity index (χ2n) is 15.1. The number of anilines is 3. The maximum atomic E-state index is 6.34. The molecule has 5 heteroatoms. The van der Waals surface area contributed by atoms with Crippen LogP contribution in [0.5, 0.6) is 0 Å².